The highest BCUT2D eigenvalue weighted by molar-refractivity contribution is 5.94. The molecule has 1 rings (SSSR count). The molecule has 0 fully saturated rings. The van der Waals surface area contributed by atoms with E-state index in [0.29, 0.717) is 18.7 Å². The van der Waals surface area contributed by atoms with Crippen LogP contribution in [-0.4, -0.2) is 17.3 Å². The zero-order chi connectivity index (χ0) is 8.81. The average molecular weight is 164 g/mol. The summed E-state index contributed by atoms with van der Waals surface area (Å²) in [5, 5.41) is 0. The van der Waals surface area contributed by atoms with Gasteiger partial charge in [-0.25, -0.2) is 0 Å². The first kappa shape index (κ1) is 8.87. The van der Waals surface area contributed by atoms with Crippen LogP contribution in [0.4, 0.5) is 0 Å². The van der Waals surface area contributed by atoms with Crippen molar-refractivity contribution in [1.29, 1.82) is 0 Å². The predicted octanol–water partition coefficient (Wildman–Crippen LogP) is 1.00. The lowest BCUT2D eigenvalue weighted by atomic mass is 10.1. The maximum absolute atomic E-state index is 11.3. The SMILES string of the molecule is NCCCC(=O)c1ccccn1. The number of hydrogen-bond acceptors (Lipinski definition) is 3. The van der Waals surface area contributed by atoms with Crippen molar-refractivity contribution < 1.29 is 4.79 Å². The smallest absolute Gasteiger partial charge is 0.181 e. The van der Waals surface area contributed by atoms with Crippen molar-refractivity contribution >= 4 is 5.78 Å². The van der Waals surface area contributed by atoms with Crippen LogP contribution in [0.25, 0.3) is 0 Å². The summed E-state index contributed by atoms with van der Waals surface area (Å²) < 4.78 is 0. The van der Waals surface area contributed by atoms with E-state index in [0.717, 1.165) is 6.42 Å². The molecule has 3 nitrogen and oxygen atoms in total. The maximum atomic E-state index is 11.3. The first-order valence-corrected chi connectivity index (χ1v) is 3.99. The van der Waals surface area contributed by atoms with Crippen LogP contribution in [0.15, 0.2) is 24.4 Å². The van der Waals surface area contributed by atoms with E-state index in [1.54, 1.807) is 18.3 Å². The number of hydrogen-bond donors (Lipinski definition) is 1. The fourth-order valence-electron chi connectivity index (χ4n) is 0.918. The van der Waals surface area contributed by atoms with E-state index >= 15 is 0 Å². The van der Waals surface area contributed by atoms with Gasteiger partial charge < -0.3 is 5.73 Å². The van der Waals surface area contributed by atoms with Gasteiger partial charge >= 0.3 is 0 Å². The van der Waals surface area contributed by atoms with E-state index in [-0.39, 0.29) is 5.78 Å². The Bertz CT molecular complexity index is 246. The monoisotopic (exact) mass is 164 g/mol. The minimum absolute atomic E-state index is 0.0704. The number of ketones is 1. The quantitative estimate of drug-likeness (QED) is 0.675. The lowest BCUT2D eigenvalue weighted by Gasteiger charge is -1.96. The Kier molecular flexibility index (Phi) is 3.41. The highest BCUT2D eigenvalue weighted by atomic mass is 16.1. The molecule has 2 N–H and O–H groups in total. The molecular formula is C9H12N2O. The van der Waals surface area contributed by atoms with Crippen molar-refractivity contribution in [2.75, 3.05) is 6.54 Å². The Hall–Kier alpha value is -1.22. The van der Waals surface area contributed by atoms with Gasteiger partial charge in [0.2, 0.25) is 0 Å². The molecule has 0 saturated carbocycles. The molecule has 0 saturated heterocycles. The Labute approximate surface area is 71.6 Å². The van der Waals surface area contributed by atoms with Crippen LogP contribution in [-0.2, 0) is 0 Å². The van der Waals surface area contributed by atoms with Gasteiger partial charge in [0.15, 0.2) is 5.78 Å². The summed E-state index contributed by atoms with van der Waals surface area (Å²) in [7, 11) is 0. The summed E-state index contributed by atoms with van der Waals surface area (Å²) in [6.07, 6.45) is 2.85. The van der Waals surface area contributed by atoms with Crippen molar-refractivity contribution in [3.05, 3.63) is 30.1 Å². The van der Waals surface area contributed by atoms with E-state index in [2.05, 4.69) is 4.98 Å². The third-order valence-corrected chi connectivity index (χ3v) is 1.56. The largest absolute Gasteiger partial charge is 0.330 e. The summed E-state index contributed by atoms with van der Waals surface area (Å²) in [4.78, 5) is 15.2. The highest BCUT2D eigenvalue weighted by Crippen LogP contribution is 2.00. The van der Waals surface area contributed by atoms with E-state index in [1.807, 2.05) is 6.07 Å². The van der Waals surface area contributed by atoms with Crippen molar-refractivity contribution in [3.8, 4) is 0 Å². The van der Waals surface area contributed by atoms with Crippen LogP contribution in [0.2, 0.25) is 0 Å². The molecule has 0 atom stereocenters. The summed E-state index contributed by atoms with van der Waals surface area (Å²) in [6, 6.07) is 5.32. The van der Waals surface area contributed by atoms with Gasteiger partial charge in [0, 0.05) is 12.6 Å². The van der Waals surface area contributed by atoms with Gasteiger partial charge in [0.1, 0.15) is 5.69 Å². The normalized spacial score (nSPS) is 9.75. The number of carbonyl (C=O) groups is 1. The van der Waals surface area contributed by atoms with E-state index in [9.17, 15) is 4.79 Å². The molecule has 0 aliphatic rings. The molecule has 64 valence electrons. The standard InChI is InChI=1S/C9H12N2O/c10-6-3-5-9(12)8-4-1-2-7-11-8/h1-2,4,7H,3,5-6,10H2. The van der Waals surface area contributed by atoms with Crippen LogP contribution >= 0.6 is 0 Å². The fourth-order valence-corrected chi connectivity index (χ4v) is 0.918. The van der Waals surface area contributed by atoms with Gasteiger partial charge in [-0.3, -0.25) is 9.78 Å². The maximum Gasteiger partial charge on any atom is 0.181 e. The lowest BCUT2D eigenvalue weighted by Crippen LogP contribution is -2.05. The number of carbonyl (C=O) groups excluding carboxylic acids is 1. The topological polar surface area (TPSA) is 56.0 Å². The van der Waals surface area contributed by atoms with Gasteiger partial charge in [-0.2, -0.15) is 0 Å². The van der Waals surface area contributed by atoms with Crippen LogP contribution in [0.5, 0.6) is 0 Å². The number of pyridine rings is 1. The highest BCUT2D eigenvalue weighted by Gasteiger charge is 2.04. The van der Waals surface area contributed by atoms with Crippen molar-refractivity contribution in [3.63, 3.8) is 0 Å². The minimum atomic E-state index is 0.0704. The van der Waals surface area contributed by atoms with Crippen molar-refractivity contribution in [1.82, 2.24) is 4.98 Å². The molecule has 1 aromatic rings. The third-order valence-electron chi connectivity index (χ3n) is 1.56. The molecule has 1 heterocycles. The molecule has 0 spiro atoms. The number of aromatic nitrogens is 1. The zero-order valence-corrected chi connectivity index (χ0v) is 6.86. The Morgan fingerprint density at radius 1 is 1.50 bits per heavy atom. The molecule has 0 aliphatic carbocycles. The molecule has 12 heavy (non-hydrogen) atoms. The summed E-state index contributed by atoms with van der Waals surface area (Å²) in [5.74, 6) is 0.0704. The second kappa shape index (κ2) is 4.62. The number of Topliss-reactive ketones (excluding diaryl/α,β-unsaturated/α-hetero) is 1. The Morgan fingerprint density at radius 2 is 2.33 bits per heavy atom. The molecule has 0 amide bonds. The van der Waals surface area contributed by atoms with E-state index < -0.39 is 0 Å². The molecule has 0 bridgehead atoms. The lowest BCUT2D eigenvalue weighted by molar-refractivity contribution is 0.0976. The van der Waals surface area contributed by atoms with Gasteiger partial charge in [-0.1, -0.05) is 6.07 Å². The number of rotatable bonds is 4. The Morgan fingerprint density at radius 3 is 2.92 bits per heavy atom. The van der Waals surface area contributed by atoms with Crippen LogP contribution in [0.3, 0.4) is 0 Å². The van der Waals surface area contributed by atoms with Gasteiger partial charge in [-0.15, -0.1) is 0 Å². The summed E-state index contributed by atoms with van der Waals surface area (Å²) in [5.41, 5.74) is 5.82. The van der Waals surface area contributed by atoms with Crippen molar-refractivity contribution in [2.24, 2.45) is 5.73 Å². The van der Waals surface area contributed by atoms with Gasteiger partial charge in [-0.05, 0) is 25.1 Å². The number of nitrogens with zero attached hydrogens (tertiary/aromatic N) is 1. The fraction of sp³-hybridized carbons (Fsp3) is 0.333. The molecule has 0 unspecified atom stereocenters. The summed E-state index contributed by atoms with van der Waals surface area (Å²) >= 11 is 0. The first-order valence-electron chi connectivity index (χ1n) is 3.99. The van der Waals surface area contributed by atoms with Crippen LogP contribution in [0, 0.1) is 0 Å². The molecule has 0 aliphatic heterocycles. The zero-order valence-electron chi connectivity index (χ0n) is 6.86. The van der Waals surface area contributed by atoms with Crippen LogP contribution < -0.4 is 5.73 Å². The molecule has 1 aromatic heterocycles. The van der Waals surface area contributed by atoms with Gasteiger partial charge in [0.05, 0.1) is 0 Å². The van der Waals surface area contributed by atoms with Crippen molar-refractivity contribution in [2.45, 2.75) is 12.8 Å². The molecule has 0 aromatic carbocycles. The van der Waals surface area contributed by atoms with Crippen LogP contribution in [0.1, 0.15) is 23.3 Å². The first-order chi connectivity index (χ1) is 5.84. The summed E-state index contributed by atoms with van der Waals surface area (Å²) in [6.45, 7) is 0.554. The third kappa shape index (κ3) is 2.43. The number of nitrogens with two attached hydrogens (primary N) is 1. The Balaban J connectivity index is 2.54. The van der Waals surface area contributed by atoms with E-state index in [4.69, 9.17) is 5.73 Å². The molecule has 3 heteroatoms. The molecular weight excluding hydrogens is 152 g/mol. The minimum Gasteiger partial charge on any atom is -0.330 e. The predicted molar refractivity (Wildman–Crippen MR) is 46.9 cm³/mol. The second-order valence-electron chi connectivity index (χ2n) is 2.53. The average Bonchev–Trinajstić information content (AvgIpc) is 2.15. The molecule has 0 radical (unpaired) electrons. The second-order valence-corrected chi connectivity index (χ2v) is 2.53. The van der Waals surface area contributed by atoms with Gasteiger partial charge in [0.25, 0.3) is 0 Å². The van der Waals surface area contributed by atoms with E-state index in [1.165, 1.54) is 0 Å².